The first kappa shape index (κ1) is 12.5. The minimum atomic E-state index is -4.29. The summed E-state index contributed by atoms with van der Waals surface area (Å²) >= 11 is 0. The second-order valence-corrected chi connectivity index (χ2v) is 3.47. The molecule has 1 heterocycles. The Morgan fingerprint density at radius 2 is 2.25 bits per heavy atom. The van der Waals surface area contributed by atoms with Crippen molar-refractivity contribution in [3.05, 3.63) is 18.0 Å². The summed E-state index contributed by atoms with van der Waals surface area (Å²) in [5, 5.41) is 6.24. The first-order chi connectivity index (χ1) is 7.38. The van der Waals surface area contributed by atoms with Crippen LogP contribution in [0.15, 0.2) is 12.4 Å². The Morgan fingerprint density at radius 3 is 2.75 bits per heavy atom. The van der Waals surface area contributed by atoms with Gasteiger partial charge in [0.25, 0.3) is 0 Å². The molecular formula is C9H12F3N3O. The third kappa shape index (κ3) is 4.33. The lowest BCUT2D eigenvalue weighted by Gasteiger charge is -2.16. The van der Waals surface area contributed by atoms with E-state index < -0.39 is 24.9 Å². The lowest BCUT2D eigenvalue weighted by Crippen LogP contribution is -2.27. The Balaban J connectivity index is 2.37. The molecule has 7 heteroatoms. The van der Waals surface area contributed by atoms with E-state index in [-0.39, 0.29) is 6.54 Å². The van der Waals surface area contributed by atoms with Gasteiger partial charge in [0.2, 0.25) is 5.91 Å². The normalized spacial score (nSPS) is 11.5. The van der Waals surface area contributed by atoms with E-state index in [0.717, 1.165) is 5.56 Å². The van der Waals surface area contributed by atoms with Crippen LogP contribution in [0.3, 0.4) is 0 Å². The summed E-state index contributed by atoms with van der Waals surface area (Å²) in [6, 6.07) is 0. The van der Waals surface area contributed by atoms with E-state index in [1.807, 2.05) is 0 Å². The standard InChI is InChI=1S/C9H12F3N3O/c1-15(6-7-4-13-14-5-7)8(16)2-3-9(10,11)12/h4-5H,2-3,6H2,1H3,(H,13,14). The van der Waals surface area contributed by atoms with Crippen LogP contribution in [-0.4, -0.2) is 34.2 Å². The van der Waals surface area contributed by atoms with Crippen LogP contribution in [0, 0.1) is 0 Å². The molecule has 0 aliphatic heterocycles. The highest BCUT2D eigenvalue weighted by Crippen LogP contribution is 2.21. The van der Waals surface area contributed by atoms with Crippen molar-refractivity contribution in [3.8, 4) is 0 Å². The van der Waals surface area contributed by atoms with Crippen LogP contribution < -0.4 is 0 Å². The van der Waals surface area contributed by atoms with Crippen LogP contribution in [0.25, 0.3) is 0 Å². The number of rotatable bonds is 4. The summed E-state index contributed by atoms with van der Waals surface area (Å²) in [6.07, 6.45) is -2.77. The molecule has 0 saturated carbocycles. The third-order valence-electron chi connectivity index (χ3n) is 2.02. The molecule has 1 aromatic rings. The number of hydrogen-bond donors (Lipinski definition) is 1. The summed E-state index contributed by atoms with van der Waals surface area (Å²) in [6.45, 7) is 0.257. The number of carbonyl (C=O) groups excluding carboxylic acids is 1. The van der Waals surface area contributed by atoms with Crippen LogP contribution in [0.2, 0.25) is 0 Å². The zero-order valence-corrected chi connectivity index (χ0v) is 8.71. The van der Waals surface area contributed by atoms with Gasteiger partial charge in [-0.2, -0.15) is 18.3 Å². The van der Waals surface area contributed by atoms with Gasteiger partial charge in [-0.1, -0.05) is 0 Å². The average molecular weight is 235 g/mol. The van der Waals surface area contributed by atoms with Gasteiger partial charge in [-0.3, -0.25) is 9.89 Å². The highest BCUT2D eigenvalue weighted by Gasteiger charge is 2.28. The second-order valence-electron chi connectivity index (χ2n) is 3.47. The largest absolute Gasteiger partial charge is 0.389 e. The molecule has 0 aromatic carbocycles. The number of carbonyl (C=O) groups is 1. The summed E-state index contributed by atoms with van der Waals surface area (Å²) in [7, 11) is 1.46. The number of aromatic nitrogens is 2. The molecule has 0 unspecified atom stereocenters. The van der Waals surface area contributed by atoms with E-state index in [4.69, 9.17) is 0 Å². The quantitative estimate of drug-likeness (QED) is 0.863. The summed E-state index contributed by atoms with van der Waals surface area (Å²) in [5.74, 6) is -0.529. The number of nitrogens with one attached hydrogen (secondary N) is 1. The van der Waals surface area contributed by atoms with Gasteiger partial charge in [-0.15, -0.1) is 0 Å². The van der Waals surface area contributed by atoms with Crippen LogP contribution in [0.5, 0.6) is 0 Å². The molecule has 4 nitrogen and oxygen atoms in total. The first-order valence-corrected chi connectivity index (χ1v) is 4.67. The minimum absolute atomic E-state index is 0.257. The molecule has 1 N–H and O–H groups in total. The molecule has 0 aliphatic carbocycles. The Morgan fingerprint density at radius 1 is 1.56 bits per heavy atom. The van der Waals surface area contributed by atoms with E-state index in [9.17, 15) is 18.0 Å². The highest BCUT2D eigenvalue weighted by atomic mass is 19.4. The smallest absolute Gasteiger partial charge is 0.341 e. The van der Waals surface area contributed by atoms with Gasteiger partial charge in [0.1, 0.15) is 0 Å². The lowest BCUT2D eigenvalue weighted by atomic mass is 10.2. The molecule has 0 fully saturated rings. The Labute approximate surface area is 90.4 Å². The van der Waals surface area contributed by atoms with Crippen molar-refractivity contribution in [1.29, 1.82) is 0 Å². The number of hydrogen-bond acceptors (Lipinski definition) is 2. The molecule has 1 amide bonds. The maximum Gasteiger partial charge on any atom is 0.389 e. The Kier molecular flexibility index (Phi) is 3.92. The fourth-order valence-electron chi connectivity index (χ4n) is 1.17. The number of alkyl halides is 3. The molecule has 0 saturated heterocycles. The van der Waals surface area contributed by atoms with Crippen LogP contribution >= 0.6 is 0 Å². The molecular weight excluding hydrogens is 223 g/mol. The molecule has 16 heavy (non-hydrogen) atoms. The van der Waals surface area contributed by atoms with Crippen molar-refractivity contribution in [3.63, 3.8) is 0 Å². The van der Waals surface area contributed by atoms with Gasteiger partial charge in [0.15, 0.2) is 0 Å². The van der Waals surface area contributed by atoms with Crippen molar-refractivity contribution >= 4 is 5.91 Å². The van der Waals surface area contributed by atoms with Crippen molar-refractivity contribution < 1.29 is 18.0 Å². The van der Waals surface area contributed by atoms with E-state index in [0.29, 0.717) is 0 Å². The monoisotopic (exact) mass is 235 g/mol. The Bertz CT molecular complexity index is 334. The zero-order chi connectivity index (χ0) is 12.2. The first-order valence-electron chi connectivity index (χ1n) is 4.67. The van der Waals surface area contributed by atoms with Gasteiger partial charge in [0, 0.05) is 31.8 Å². The topological polar surface area (TPSA) is 49.0 Å². The third-order valence-corrected chi connectivity index (χ3v) is 2.02. The van der Waals surface area contributed by atoms with Gasteiger partial charge in [0.05, 0.1) is 12.6 Å². The van der Waals surface area contributed by atoms with Crippen molar-refractivity contribution in [1.82, 2.24) is 15.1 Å². The lowest BCUT2D eigenvalue weighted by molar-refractivity contribution is -0.148. The van der Waals surface area contributed by atoms with Crippen LogP contribution in [0.1, 0.15) is 18.4 Å². The molecule has 0 atom stereocenters. The minimum Gasteiger partial charge on any atom is -0.341 e. The number of nitrogens with zero attached hydrogens (tertiary/aromatic N) is 2. The molecule has 0 aliphatic rings. The van der Waals surface area contributed by atoms with E-state index in [1.54, 1.807) is 6.20 Å². The maximum absolute atomic E-state index is 11.9. The van der Waals surface area contributed by atoms with E-state index >= 15 is 0 Å². The number of H-pyrrole nitrogens is 1. The molecule has 90 valence electrons. The summed E-state index contributed by atoms with van der Waals surface area (Å²) in [4.78, 5) is 12.6. The van der Waals surface area contributed by atoms with Crippen molar-refractivity contribution in [2.75, 3.05) is 7.05 Å². The van der Waals surface area contributed by atoms with Crippen molar-refractivity contribution in [2.24, 2.45) is 0 Å². The average Bonchev–Trinajstić information content (AvgIpc) is 2.65. The van der Waals surface area contributed by atoms with Crippen molar-refractivity contribution in [2.45, 2.75) is 25.6 Å². The van der Waals surface area contributed by atoms with Gasteiger partial charge in [-0.05, 0) is 0 Å². The van der Waals surface area contributed by atoms with E-state index in [1.165, 1.54) is 18.1 Å². The summed E-state index contributed by atoms with van der Waals surface area (Å²) < 4.78 is 35.6. The van der Waals surface area contributed by atoms with Gasteiger partial charge in [-0.25, -0.2) is 0 Å². The van der Waals surface area contributed by atoms with Crippen LogP contribution in [-0.2, 0) is 11.3 Å². The second kappa shape index (κ2) is 5.00. The Hall–Kier alpha value is -1.53. The fourth-order valence-corrected chi connectivity index (χ4v) is 1.17. The summed E-state index contributed by atoms with van der Waals surface area (Å²) in [5.41, 5.74) is 0.753. The van der Waals surface area contributed by atoms with Gasteiger partial charge < -0.3 is 4.90 Å². The van der Waals surface area contributed by atoms with Crippen LogP contribution in [0.4, 0.5) is 13.2 Å². The molecule has 0 spiro atoms. The molecule has 0 bridgehead atoms. The number of amides is 1. The SMILES string of the molecule is CN(Cc1cn[nH]c1)C(=O)CCC(F)(F)F. The molecule has 0 radical (unpaired) electrons. The zero-order valence-electron chi connectivity index (χ0n) is 8.71. The number of halogens is 3. The predicted octanol–water partition coefficient (Wildman–Crippen LogP) is 1.71. The fraction of sp³-hybridized carbons (Fsp3) is 0.556. The van der Waals surface area contributed by atoms with E-state index in [2.05, 4.69) is 10.2 Å². The molecule has 1 rings (SSSR count). The highest BCUT2D eigenvalue weighted by molar-refractivity contribution is 5.75. The maximum atomic E-state index is 11.9. The number of aromatic amines is 1. The predicted molar refractivity (Wildman–Crippen MR) is 50.4 cm³/mol. The molecule has 1 aromatic heterocycles. The van der Waals surface area contributed by atoms with Gasteiger partial charge >= 0.3 is 6.18 Å².